The van der Waals surface area contributed by atoms with Crippen LogP contribution >= 0.6 is 34.7 Å². The second-order valence-electron chi connectivity index (χ2n) is 9.37. The fourth-order valence-corrected chi connectivity index (χ4v) is 5.62. The van der Waals surface area contributed by atoms with Gasteiger partial charge in [0.2, 0.25) is 5.91 Å². The monoisotopic (exact) mass is 666 g/mol. The van der Waals surface area contributed by atoms with Gasteiger partial charge in [0.05, 0.1) is 29.0 Å². The van der Waals surface area contributed by atoms with Crippen molar-refractivity contribution in [2.45, 2.75) is 30.4 Å². The number of hydrogen-bond acceptors (Lipinski definition) is 8. The third-order valence-electron chi connectivity index (χ3n) is 6.02. The molecule has 0 aliphatic carbocycles. The number of anilines is 2. The summed E-state index contributed by atoms with van der Waals surface area (Å²) in [6, 6.07) is 19.1. The van der Waals surface area contributed by atoms with E-state index in [1.165, 1.54) is 47.4 Å². The van der Waals surface area contributed by atoms with E-state index in [1.807, 2.05) is 0 Å². The van der Waals surface area contributed by atoms with Crippen LogP contribution in [0.15, 0.2) is 88.8 Å². The van der Waals surface area contributed by atoms with Gasteiger partial charge in [-0.05, 0) is 68.5 Å². The van der Waals surface area contributed by atoms with Gasteiger partial charge in [-0.25, -0.2) is 9.37 Å². The Kier molecular flexibility index (Phi) is 11.9. The lowest BCUT2D eigenvalue weighted by Crippen LogP contribution is -2.30. The standard InChI is InChI=1S/C32H28ClFN4O5S2/c1-3-43-28(39)16-22-18-44-32(36-22)38-29(40)19(2)45-23-14-12-21(13-15-23)35-31(42)27(17-24-25(33)10-7-11-26(24)34)37-30(41)20-8-5-4-6-9-20/h4-15,17-19H,3,16H2,1-2H3,(H,35,42)(H,37,41)(H,36,38,40)/b27-17-. The fourth-order valence-electron chi connectivity index (χ4n) is 3.82. The number of thiazole rings is 1. The minimum Gasteiger partial charge on any atom is -0.466 e. The van der Waals surface area contributed by atoms with Gasteiger partial charge in [0.15, 0.2) is 5.13 Å². The van der Waals surface area contributed by atoms with E-state index in [1.54, 1.807) is 73.8 Å². The fraction of sp³-hybridized carbons (Fsp3) is 0.156. The van der Waals surface area contributed by atoms with E-state index >= 15 is 0 Å². The summed E-state index contributed by atoms with van der Waals surface area (Å²) in [5.74, 6) is -2.57. The number of benzene rings is 3. The number of nitrogens with one attached hydrogen (secondary N) is 3. The molecule has 4 aromatic rings. The predicted molar refractivity (Wildman–Crippen MR) is 175 cm³/mol. The van der Waals surface area contributed by atoms with Gasteiger partial charge >= 0.3 is 5.97 Å². The summed E-state index contributed by atoms with van der Waals surface area (Å²) < 4.78 is 19.5. The average Bonchev–Trinajstić information content (AvgIpc) is 3.45. The average molecular weight is 667 g/mol. The first kappa shape index (κ1) is 33.4. The SMILES string of the molecule is CCOC(=O)Cc1csc(NC(=O)C(C)Sc2ccc(NC(=O)/C(=C/c3c(F)cccc3Cl)NC(=O)c3ccccc3)cc2)n1. The van der Waals surface area contributed by atoms with Crippen molar-refractivity contribution in [1.29, 1.82) is 0 Å². The molecule has 13 heteroatoms. The molecule has 3 aromatic carbocycles. The molecule has 1 unspecified atom stereocenters. The van der Waals surface area contributed by atoms with Crippen molar-refractivity contribution >= 4 is 75.3 Å². The van der Waals surface area contributed by atoms with Gasteiger partial charge < -0.3 is 20.7 Å². The Morgan fingerprint density at radius 1 is 1.02 bits per heavy atom. The second kappa shape index (κ2) is 16.0. The Morgan fingerprint density at radius 2 is 1.76 bits per heavy atom. The van der Waals surface area contributed by atoms with E-state index in [9.17, 15) is 23.6 Å². The highest BCUT2D eigenvalue weighted by molar-refractivity contribution is 8.00. The summed E-state index contributed by atoms with van der Waals surface area (Å²) in [6.45, 7) is 3.75. The van der Waals surface area contributed by atoms with Crippen LogP contribution in [-0.2, 0) is 25.5 Å². The lowest BCUT2D eigenvalue weighted by atomic mass is 10.1. The number of carbonyl (C=O) groups excluding carboxylic acids is 4. The van der Waals surface area contributed by atoms with Crippen LogP contribution in [0.2, 0.25) is 5.02 Å². The molecular weight excluding hydrogens is 639 g/mol. The third kappa shape index (κ3) is 9.73. The highest BCUT2D eigenvalue weighted by Crippen LogP contribution is 2.27. The van der Waals surface area contributed by atoms with Gasteiger partial charge in [0, 0.05) is 27.1 Å². The van der Waals surface area contributed by atoms with Crippen LogP contribution in [0.5, 0.6) is 0 Å². The minimum atomic E-state index is -0.697. The quantitative estimate of drug-likeness (QED) is 0.0887. The van der Waals surface area contributed by atoms with Crippen LogP contribution in [0.4, 0.5) is 15.2 Å². The molecule has 9 nitrogen and oxygen atoms in total. The summed E-state index contributed by atoms with van der Waals surface area (Å²) >= 11 is 8.68. The van der Waals surface area contributed by atoms with Gasteiger partial charge in [-0.1, -0.05) is 35.9 Å². The van der Waals surface area contributed by atoms with Crippen LogP contribution in [0.25, 0.3) is 6.08 Å². The molecule has 1 heterocycles. The molecule has 232 valence electrons. The number of esters is 1. The number of halogens is 2. The smallest absolute Gasteiger partial charge is 0.311 e. The first-order valence-corrected chi connectivity index (χ1v) is 15.8. The van der Waals surface area contributed by atoms with Gasteiger partial charge in [-0.15, -0.1) is 23.1 Å². The van der Waals surface area contributed by atoms with Crippen LogP contribution in [-0.4, -0.2) is 40.5 Å². The third-order valence-corrected chi connectivity index (χ3v) is 8.27. The molecular formula is C32H28ClFN4O5S2. The highest BCUT2D eigenvalue weighted by atomic mass is 35.5. The maximum absolute atomic E-state index is 14.5. The number of amides is 3. The molecule has 3 amide bonds. The van der Waals surface area contributed by atoms with Crippen molar-refractivity contribution in [1.82, 2.24) is 10.3 Å². The number of ether oxygens (including phenoxy) is 1. The summed E-state index contributed by atoms with van der Waals surface area (Å²) in [4.78, 5) is 55.5. The Morgan fingerprint density at radius 3 is 2.44 bits per heavy atom. The second-order valence-corrected chi connectivity index (χ2v) is 12.0. The normalized spacial score (nSPS) is 11.8. The number of thioether (sulfide) groups is 1. The Bertz CT molecular complexity index is 1690. The van der Waals surface area contributed by atoms with Crippen LogP contribution in [0.1, 0.15) is 35.5 Å². The van der Waals surface area contributed by atoms with E-state index in [-0.39, 0.29) is 41.2 Å². The molecule has 0 radical (unpaired) electrons. The molecule has 0 aliphatic rings. The summed E-state index contributed by atoms with van der Waals surface area (Å²) in [7, 11) is 0. The van der Waals surface area contributed by atoms with E-state index in [0.29, 0.717) is 22.1 Å². The van der Waals surface area contributed by atoms with E-state index in [2.05, 4.69) is 20.9 Å². The van der Waals surface area contributed by atoms with E-state index in [4.69, 9.17) is 16.3 Å². The number of nitrogens with zero attached hydrogens (tertiary/aromatic N) is 1. The van der Waals surface area contributed by atoms with Crippen LogP contribution in [0.3, 0.4) is 0 Å². The largest absolute Gasteiger partial charge is 0.466 e. The predicted octanol–water partition coefficient (Wildman–Crippen LogP) is 6.57. The van der Waals surface area contributed by atoms with Crippen molar-refractivity contribution < 1.29 is 28.3 Å². The molecule has 4 rings (SSSR count). The molecule has 0 bridgehead atoms. The zero-order chi connectivity index (χ0) is 32.3. The Labute approximate surface area is 272 Å². The minimum absolute atomic E-state index is 0.0287. The molecule has 1 atom stereocenters. The molecule has 45 heavy (non-hydrogen) atoms. The molecule has 0 aliphatic heterocycles. The van der Waals surface area contributed by atoms with Gasteiger partial charge in [-0.2, -0.15) is 0 Å². The number of carbonyl (C=O) groups is 4. The number of aromatic nitrogens is 1. The zero-order valence-corrected chi connectivity index (χ0v) is 26.5. The Balaban J connectivity index is 1.40. The van der Waals surface area contributed by atoms with Crippen molar-refractivity contribution in [3.05, 3.63) is 112 Å². The van der Waals surface area contributed by atoms with Gasteiger partial charge in [0.25, 0.3) is 11.8 Å². The summed E-state index contributed by atoms with van der Waals surface area (Å²) in [5.41, 5.74) is 0.957. The van der Waals surface area contributed by atoms with Gasteiger partial charge in [0.1, 0.15) is 11.5 Å². The molecule has 0 saturated heterocycles. The maximum Gasteiger partial charge on any atom is 0.311 e. The maximum atomic E-state index is 14.5. The van der Waals surface area contributed by atoms with Crippen molar-refractivity contribution in [2.24, 2.45) is 0 Å². The van der Waals surface area contributed by atoms with E-state index in [0.717, 1.165) is 4.90 Å². The zero-order valence-electron chi connectivity index (χ0n) is 24.1. The number of rotatable bonds is 12. The van der Waals surface area contributed by atoms with Crippen molar-refractivity contribution in [3.8, 4) is 0 Å². The molecule has 1 aromatic heterocycles. The summed E-state index contributed by atoms with van der Waals surface area (Å²) in [6.07, 6.45) is 1.21. The first-order chi connectivity index (χ1) is 21.6. The van der Waals surface area contributed by atoms with Crippen LogP contribution in [0, 0.1) is 5.82 Å². The highest BCUT2D eigenvalue weighted by Gasteiger charge is 2.19. The van der Waals surface area contributed by atoms with Crippen LogP contribution < -0.4 is 16.0 Å². The summed E-state index contributed by atoms with van der Waals surface area (Å²) in [5, 5.41) is 9.66. The number of hydrogen-bond donors (Lipinski definition) is 3. The topological polar surface area (TPSA) is 126 Å². The lowest BCUT2D eigenvalue weighted by Gasteiger charge is -2.13. The molecule has 0 saturated carbocycles. The lowest BCUT2D eigenvalue weighted by molar-refractivity contribution is -0.142. The van der Waals surface area contributed by atoms with Crippen molar-refractivity contribution in [3.63, 3.8) is 0 Å². The van der Waals surface area contributed by atoms with Crippen molar-refractivity contribution in [2.75, 3.05) is 17.2 Å². The Hall–Kier alpha value is -4.52. The molecule has 0 spiro atoms. The molecule has 0 fully saturated rings. The van der Waals surface area contributed by atoms with Gasteiger partial charge in [-0.3, -0.25) is 19.2 Å². The first-order valence-electron chi connectivity index (χ1n) is 13.6. The molecule has 3 N–H and O–H groups in total. The van der Waals surface area contributed by atoms with E-state index < -0.39 is 22.9 Å².